The average Bonchev–Trinajstić information content (AvgIpc) is 3.70. The lowest BCUT2D eigenvalue weighted by Crippen LogP contribution is -2.57. The van der Waals surface area contributed by atoms with Gasteiger partial charge >= 0.3 is 0 Å². The van der Waals surface area contributed by atoms with Gasteiger partial charge in [0, 0.05) is 44.1 Å². The molecule has 41 heavy (non-hydrogen) atoms. The van der Waals surface area contributed by atoms with Gasteiger partial charge in [-0.05, 0) is 99.3 Å². The minimum absolute atomic E-state index is 0.201. The molecule has 2 saturated heterocycles. The Morgan fingerprint density at radius 3 is 2.29 bits per heavy atom. The number of likely N-dealkylation sites (tertiary alicyclic amines) is 1. The summed E-state index contributed by atoms with van der Waals surface area (Å²) in [6.45, 7) is 11.4. The molecule has 0 N–H and O–H groups in total. The lowest BCUT2D eigenvalue weighted by Gasteiger charge is -2.54. The molecule has 0 bridgehead atoms. The molecular weight excluding hydrogens is 550 g/mol. The van der Waals surface area contributed by atoms with Gasteiger partial charge in [-0.1, -0.05) is 55.6 Å². The highest BCUT2D eigenvalue weighted by atomic mass is 35.5. The molecule has 7 heteroatoms. The van der Waals surface area contributed by atoms with E-state index < -0.39 is 9.84 Å². The van der Waals surface area contributed by atoms with Crippen LogP contribution in [0.4, 0.5) is 5.69 Å². The second-order valence-corrected chi connectivity index (χ2v) is 16.3. The van der Waals surface area contributed by atoms with E-state index in [9.17, 15) is 8.42 Å². The van der Waals surface area contributed by atoms with E-state index >= 15 is 0 Å². The number of likely N-dealkylation sites (N-methyl/N-ethyl adjacent to an activating group) is 1. The molecule has 0 aromatic heterocycles. The van der Waals surface area contributed by atoms with E-state index in [0.717, 1.165) is 63.1 Å². The fourth-order valence-corrected chi connectivity index (χ4v) is 11.0. The Kier molecular flexibility index (Phi) is 7.67. The molecule has 2 aromatic rings. The second kappa shape index (κ2) is 11.2. The van der Waals surface area contributed by atoms with Crippen molar-refractivity contribution in [1.82, 2.24) is 9.80 Å². The molecule has 1 atom stereocenters. The van der Waals surface area contributed by atoms with Gasteiger partial charge in [0.1, 0.15) is 0 Å². The summed E-state index contributed by atoms with van der Waals surface area (Å²) in [7, 11) is -3.21. The Bertz CT molecular complexity index is 1360. The van der Waals surface area contributed by atoms with Gasteiger partial charge in [-0.15, -0.1) is 0 Å². The molecule has 5 aliphatic rings. The van der Waals surface area contributed by atoms with Crippen molar-refractivity contribution in [3.05, 3.63) is 58.6 Å². The number of halogens is 1. The number of hydrogen-bond donors (Lipinski definition) is 0. The van der Waals surface area contributed by atoms with Crippen LogP contribution < -0.4 is 4.90 Å². The third-order valence-electron chi connectivity index (χ3n) is 11.3. The fourth-order valence-electron chi connectivity index (χ4n) is 8.93. The van der Waals surface area contributed by atoms with Crippen LogP contribution in [0, 0.1) is 17.8 Å². The number of sulfone groups is 1. The van der Waals surface area contributed by atoms with Gasteiger partial charge in [0.15, 0.2) is 9.84 Å². The van der Waals surface area contributed by atoms with Crippen molar-refractivity contribution in [3.63, 3.8) is 0 Å². The van der Waals surface area contributed by atoms with Crippen LogP contribution in [0.5, 0.6) is 0 Å². The highest BCUT2D eigenvalue weighted by molar-refractivity contribution is 7.92. The molecule has 0 spiro atoms. The molecule has 222 valence electrons. The predicted octanol–water partition coefficient (Wildman–Crippen LogP) is 6.39. The first-order chi connectivity index (χ1) is 19.9. The minimum atomic E-state index is -3.21. The van der Waals surface area contributed by atoms with Crippen molar-refractivity contribution in [2.24, 2.45) is 17.8 Å². The largest absolute Gasteiger partial charge is 0.370 e. The summed E-state index contributed by atoms with van der Waals surface area (Å²) in [6, 6.07) is 14.8. The number of piperidine rings is 1. The fraction of sp³-hybridized carbons (Fsp3) is 0.647. The zero-order valence-corrected chi connectivity index (χ0v) is 26.2. The Morgan fingerprint density at radius 1 is 0.902 bits per heavy atom. The van der Waals surface area contributed by atoms with Crippen LogP contribution in [0.3, 0.4) is 0 Å². The number of hydrogen-bond acceptors (Lipinski definition) is 5. The minimum Gasteiger partial charge on any atom is -0.370 e. The van der Waals surface area contributed by atoms with Gasteiger partial charge in [-0.2, -0.15) is 0 Å². The SMILES string of the molecule is CCN1Cc2ccccc2C(C2CCCC2)(C2CCN(CC3CN(c4ccc(S(=O)(=O)C5CC5)cc4Cl)C3)CC2)C1. The zero-order valence-electron chi connectivity index (χ0n) is 24.6. The first-order valence-electron chi connectivity index (χ1n) is 16.2. The van der Waals surface area contributed by atoms with Crippen LogP contribution >= 0.6 is 11.6 Å². The van der Waals surface area contributed by atoms with Crippen LogP contribution in [-0.4, -0.2) is 69.3 Å². The summed E-state index contributed by atoms with van der Waals surface area (Å²) >= 11 is 6.60. The van der Waals surface area contributed by atoms with E-state index in [4.69, 9.17) is 11.6 Å². The van der Waals surface area contributed by atoms with Crippen LogP contribution in [0.15, 0.2) is 47.4 Å². The first-order valence-corrected chi connectivity index (χ1v) is 18.1. The predicted molar refractivity (Wildman–Crippen MR) is 168 cm³/mol. The molecule has 5 nitrogen and oxygen atoms in total. The van der Waals surface area contributed by atoms with E-state index in [1.807, 2.05) is 6.07 Å². The number of anilines is 1. The van der Waals surface area contributed by atoms with E-state index in [1.54, 1.807) is 23.3 Å². The van der Waals surface area contributed by atoms with Crippen molar-refractivity contribution in [3.8, 4) is 0 Å². The number of rotatable bonds is 8. The Hall–Kier alpha value is -1.60. The van der Waals surface area contributed by atoms with E-state index in [0.29, 0.717) is 21.3 Å². The third-order valence-corrected chi connectivity index (χ3v) is 13.8. The Labute approximate surface area is 252 Å². The van der Waals surface area contributed by atoms with Crippen LogP contribution in [0.2, 0.25) is 5.02 Å². The summed E-state index contributed by atoms with van der Waals surface area (Å²) in [4.78, 5) is 8.15. The van der Waals surface area contributed by atoms with Gasteiger partial charge in [-0.25, -0.2) is 8.42 Å². The first kappa shape index (κ1) is 28.2. The monoisotopic (exact) mass is 595 g/mol. The van der Waals surface area contributed by atoms with Crippen molar-refractivity contribution in [1.29, 1.82) is 0 Å². The summed E-state index contributed by atoms with van der Waals surface area (Å²) in [5, 5.41) is 0.366. The van der Waals surface area contributed by atoms with Crippen LogP contribution in [-0.2, 0) is 21.8 Å². The molecule has 0 amide bonds. The number of nitrogens with zero attached hydrogens (tertiary/aromatic N) is 3. The normalized spacial score (nSPS) is 27.2. The number of benzene rings is 2. The summed E-state index contributed by atoms with van der Waals surface area (Å²) in [5.74, 6) is 2.23. The van der Waals surface area contributed by atoms with E-state index in [1.165, 1.54) is 58.2 Å². The lowest BCUT2D eigenvalue weighted by molar-refractivity contribution is 0.0359. The van der Waals surface area contributed by atoms with Gasteiger partial charge in [-0.3, -0.25) is 4.90 Å². The van der Waals surface area contributed by atoms with E-state index in [-0.39, 0.29) is 5.25 Å². The molecule has 3 heterocycles. The molecule has 0 radical (unpaired) electrons. The molecule has 4 fully saturated rings. The van der Waals surface area contributed by atoms with Crippen molar-refractivity contribution in [2.45, 2.75) is 80.4 Å². The maximum absolute atomic E-state index is 12.6. The van der Waals surface area contributed by atoms with Crippen LogP contribution in [0.25, 0.3) is 0 Å². The van der Waals surface area contributed by atoms with Crippen molar-refractivity contribution in [2.75, 3.05) is 50.7 Å². The molecule has 1 unspecified atom stereocenters. The maximum atomic E-state index is 12.6. The van der Waals surface area contributed by atoms with E-state index in [2.05, 4.69) is 45.9 Å². The zero-order chi connectivity index (χ0) is 28.2. The standard InChI is InChI=1S/C34H46ClN3O2S/c1-2-36-23-26-7-3-6-10-31(26)34(24-36,27-8-4-5-9-27)28-15-17-37(18-16-28)20-25-21-38(22-25)33-14-13-30(19-32(33)35)41(39,40)29-11-12-29/h3,6-7,10,13-14,19,25,27-29H,2,4-5,8-9,11-12,15-18,20-24H2,1H3. The molecule has 7 rings (SSSR count). The maximum Gasteiger partial charge on any atom is 0.181 e. The highest BCUT2D eigenvalue weighted by Gasteiger charge is 2.51. The topological polar surface area (TPSA) is 43.9 Å². The molecule has 2 aliphatic carbocycles. The van der Waals surface area contributed by atoms with Gasteiger partial charge in [0.25, 0.3) is 0 Å². The van der Waals surface area contributed by atoms with Gasteiger partial charge in [0.2, 0.25) is 0 Å². The molecule has 3 aliphatic heterocycles. The van der Waals surface area contributed by atoms with Crippen molar-refractivity contribution < 1.29 is 8.42 Å². The Morgan fingerprint density at radius 2 is 1.61 bits per heavy atom. The summed E-state index contributed by atoms with van der Waals surface area (Å²) in [6.07, 6.45) is 9.78. The second-order valence-electron chi connectivity index (χ2n) is 13.7. The highest BCUT2D eigenvalue weighted by Crippen LogP contribution is 2.53. The van der Waals surface area contributed by atoms with Gasteiger partial charge < -0.3 is 9.80 Å². The average molecular weight is 596 g/mol. The summed E-state index contributed by atoms with van der Waals surface area (Å²) < 4.78 is 25.2. The quantitative estimate of drug-likeness (QED) is 0.354. The van der Waals surface area contributed by atoms with Crippen LogP contribution in [0.1, 0.15) is 69.4 Å². The lowest BCUT2D eigenvalue weighted by atomic mass is 9.57. The third kappa shape index (κ3) is 5.15. The van der Waals surface area contributed by atoms with Crippen molar-refractivity contribution >= 4 is 27.1 Å². The summed E-state index contributed by atoms with van der Waals surface area (Å²) in [5.41, 5.74) is 4.57. The number of fused-ring (bicyclic) bond motifs is 1. The Balaban J connectivity index is 0.990. The smallest absolute Gasteiger partial charge is 0.181 e. The molecule has 2 aromatic carbocycles. The molecule has 2 saturated carbocycles. The molecular formula is C34H46ClN3O2S. The van der Waals surface area contributed by atoms with Gasteiger partial charge in [0.05, 0.1) is 20.9 Å².